The first-order chi connectivity index (χ1) is 26.3. The molecule has 298 valence electrons. The van der Waals surface area contributed by atoms with E-state index in [-0.39, 0.29) is 28.3 Å². The van der Waals surface area contributed by atoms with Gasteiger partial charge in [0.2, 0.25) is 5.91 Å². The Hall–Kier alpha value is -5.54. The van der Waals surface area contributed by atoms with E-state index in [9.17, 15) is 32.7 Å². The molecule has 1 unspecified atom stereocenters. The number of pyridine rings is 1. The quantitative estimate of drug-likeness (QED) is 0.105. The summed E-state index contributed by atoms with van der Waals surface area (Å²) in [6, 6.07) is 17.2. The minimum absolute atomic E-state index is 0.0129. The Morgan fingerprint density at radius 1 is 0.893 bits per heavy atom. The normalized spacial score (nSPS) is 13.8. The van der Waals surface area contributed by atoms with Crippen LogP contribution in [0.2, 0.25) is 0 Å². The van der Waals surface area contributed by atoms with Gasteiger partial charge in [-0.15, -0.1) is 0 Å². The van der Waals surface area contributed by atoms with Gasteiger partial charge in [0.25, 0.3) is 0 Å². The number of nitrogens with one attached hydrogen (secondary N) is 3. The summed E-state index contributed by atoms with van der Waals surface area (Å²) < 4.78 is 36.9. The predicted molar refractivity (Wildman–Crippen MR) is 213 cm³/mol. The number of nitrogens with zero attached hydrogens (tertiary/aromatic N) is 2. The fourth-order valence-corrected chi connectivity index (χ4v) is 7.85. The van der Waals surface area contributed by atoms with Gasteiger partial charge in [0.05, 0.1) is 10.1 Å². The Bertz CT molecular complexity index is 2210. The van der Waals surface area contributed by atoms with E-state index < -0.39 is 45.2 Å². The van der Waals surface area contributed by atoms with Crippen LogP contribution >= 0.6 is 0 Å². The average Bonchev–Trinajstić information content (AvgIpc) is 3.95. The number of aliphatic carboxylic acids is 1. The molecule has 1 atom stereocenters. The molecule has 3 amide bonds. The predicted octanol–water partition coefficient (Wildman–Crippen LogP) is 7.38. The molecule has 1 aliphatic carbocycles. The average molecular weight is 788 g/mol. The van der Waals surface area contributed by atoms with Gasteiger partial charge in [-0.2, -0.15) is 4.90 Å². The SMILES string of the molecule is CNCc1cc(NC(=O)CCc2cccc(C(Nc3ccc4c(N(C(=O)OC(C)(C)C)C(=O)OC(C)(C)C)nccc4c3)C(=O)O)c2)ccc1S(=O)(=O)C1CC1. The van der Waals surface area contributed by atoms with Gasteiger partial charge in [-0.1, -0.05) is 24.3 Å². The number of sulfone groups is 1. The summed E-state index contributed by atoms with van der Waals surface area (Å²) in [5, 5.41) is 19.8. The smallest absolute Gasteiger partial charge is 0.425 e. The maximum absolute atomic E-state index is 13.3. The fraction of sp³-hybridized carbons (Fsp3) is 0.390. The van der Waals surface area contributed by atoms with Crippen LogP contribution in [0.15, 0.2) is 77.8 Å². The van der Waals surface area contributed by atoms with Crippen LogP contribution in [0.1, 0.15) is 83.5 Å². The van der Waals surface area contributed by atoms with Gasteiger partial charge < -0.3 is 30.5 Å². The van der Waals surface area contributed by atoms with Crippen molar-refractivity contribution in [3.05, 3.63) is 89.6 Å². The molecule has 1 aliphatic rings. The van der Waals surface area contributed by atoms with Crippen molar-refractivity contribution in [2.45, 2.75) is 101 Å². The first kappa shape index (κ1) is 41.6. The molecule has 1 aromatic heterocycles. The molecule has 3 aromatic carbocycles. The monoisotopic (exact) mass is 787 g/mol. The topological polar surface area (TPSA) is 193 Å². The summed E-state index contributed by atoms with van der Waals surface area (Å²) in [4.78, 5) is 57.5. The molecule has 14 nitrogen and oxygen atoms in total. The van der Waals surface area contributed by atoms with Crippen molar-refractivity contribution >= 4 is 61.9 Å². The molecule has 0 aliphatic heterocycles. The van der Waals surface area contributed by atoms with E-state index in [1.54, 1.807) is 109 Å². The molecule has 0 bridgehead atoms. The highest BCUT2D eigenvalue weighted by atomic mass is 32.2. The number of hydrogen-bond acceptors (Lipinski definition) is 11. The van der Waals surface area contributed by atoms with E-state index in [1.807, 2.05) is 6.07 Å². The lowest BCUT2D eigenvalue weighted by atomic mass is 10.0. The molecule has 5 rings (SSSR count). The van der Waals surface area contributed by atoms with Gasteiger partial charge in [-0.05, 0) is 132 Å². The van der Waals surface area contributed by atoms with Crippen molar-refractivity contribution in [3.8, 4) is 0 Å². The zero-order valence-electron chi connectivity index (χ0n) is 32.6. The third kappa shape index (κ3) is 10.6. The maximum Gasteiger partial charge on any atom is 0.425 e. The van der Waals surface area contributed by atoms with Crippen LogP contribution in [0.5, 0.6) is 0 Å². The molecule has 4 aromatic rings. The summed E-state index contributed by atoms with van der Waals surface area (Å²) in [6.07, 6.45) is 1.22. The summed E-state index contributed by atoms with van der Waals surface area (Å²) in [7, 11) is -1.69. The molecule has 0 radical (unpaired) electrons. The first-order valence-corrected chi connectivity index (χ1v) is 19.8. The fourth-order valence-electron chi connectivity index (χ4n) is 5.98. The van der Waals surface area contributed by atoms with Crippen molar-refractivity contribution in [2.75, 3.05) is 22.6 Å². The van der Waals surface area contributed by atoms with E-state index in [0.29, 0.717) is 59.1 Å². The van der Waals surface area contributed by atoms with E-state index in [2.05, 4.69) is 20.9 Å². The lowest BCUT2D eigenvalue weighted by molar-refractivity contribution is -0.138. The van der Waals surface area contributed by atoms with Gasteiger partial charge in [-0.25, -0.2) is 27.8 Å². The van der Waals surface area contributed by atoms with Gasteiger partial charge in [-0.3, -0.25) is 4.79 Å². The molecule has 4 N–H and O–H groups in total. The number of carboxylic acids is 1. The number of amides is 3. The number of benzene rings is 3. The Balaban J connectivity index is 1.31. The van der Waals surface area contributed by atoms with Crippen LogP contribution in [0.3, 0.4) is 0 Å². The Morgan fingerprint density at radius 2 is 1.55 bits per heavy atom. The number of aromatic nitrogens is 1. The zero-order chi connectivity index (χ0) is 41.0. The highest BCUT2D eigenvalue weighted by Crippen LogP contribution is 2.36. The molecular formula is C41H49N5O9S. The van der Waals surface area contributed by atoms with Crippen LogP contribution in [0.4, 0.5) is 26.8 Å². The van der Waals surface area contributed by atoms with Gasteiger partial charge in [0.15, 0.2) is 21.7 Å². The third-order valence-corrected chi connectivity index (χ3v) is 10.9. The van der Waals surface area contributed by atoms with E-state index >= 15 is 0 Å². The molecule has 56 heavy (non-hydrogen) atoms. The summed E-state index contributed by atoms with van der Waals surface area (Å²) >= 11 is 0. The maximum atomic E-state index is 13.3. The lowest BCUT2D eigenvalue weighted by Gasteiger charge is -2.28. The van der Waals surface area contributed by atoms with E-state index in [0.717, 1.165) is 10.5 Å². The Kier molecular flexibility index (Phi) is 12.4. The number of fused-ring (bicyclic) bond motifs is 1. The number of hydrogen-bond donors (Lipinski definition) is 4. The molecule has 0 saturated heterocycles. The third-order valence-electron chi connectivity index (χ3n) is 8.57. The molecule has 1 fully saturated rings. The molecule has 1 heterocycles. The number of carboxylic acid groups (broad SMARTS) is 1. The number of carbonyl (C=O) groups is 4. The van der Waals surface area contributed by atoms with Gasteiger partial charge in [0, 0.05) is 35.9 Å². The number of rotatable bonds is 13. The zero-order valence-corrected chi connectivity index (χ0v) is 33.5. The standard InChI is InChI=1S/C41H49N5O9S/c1-40(2,3)54-38(50)46(39(51)55-41(4,5)6)36-32-16-12-30(22-26(32)19-20-43-36)45-35(37(48)49)27-10-8-9-25(21-27)11-18-34(47)44-29-13-17-33(28(23-29)24-42-7)56(52,53)31-14-15-31/h8-10,12-13,16-17,19-23,31,35,42,45H,11,14-15,18,24H2,1-7H3,(H,44,47)(H,48,49). The highest BCUT2D eigenvalue weighted by molar-refractivity contribution is 7.92. The van der Waals surface area contributed by atoms with Gasteiger partial charge in [0.1, 0.15) is 11.2 Å². The van der Waals surface area contributed by atoms with Crippen LogP contribution in [-0.4, -0.2) is 66.1 Å². The number of anilines is 3. The van der Waals surface area contributed by atoms with Gasteiger partial charge >= 0.3 is 18.2 Å². The van der Waals surface area contributed by atoms with E-state index in [4.69, 9.17) is 9.47 Å². The first-order valence-electron chi connectivity index (χ1n) is 18.3. The van der Waals surface area contributed by atoms with Crippen LogP contribution < -0.4 is 20.9 Å². The molecule has 0 spiro atoms. The van der Waals surface area contributed by atoms with Crippen molar-refractivity contribution in [3.63, 3.8) is 0 Å². The van der Waals surface area contributed by atoms with E-state index in [1.165, 1.54) is 6.20 Å². The number of carbonyl (C=O) groups excluding carboxylic acids is 3. The summed E-state index contributed by atoms with van der Waals surface area (Å²) in [5.41, 5.74) is 0.885. The second-order valence-corrected chi connectivity index (χ2v) is 17.9. The minimum atomic E-state index is -3.41. The minimum Gasteiger partial charge on any atom is -0.479 e. The van der Waals surface area contributed by atoms with Crippen molar-refractivity contribution in [2.24, 2.45) is 0 Å². The largest absolute Gasteiger partial charge is 0.479 e. The van der Waals surface area contributed by atoms with Crippen LogP contribution in [0.25, 0.3) is 10.8 Å². The van der Waals surface area contributed by atoms with Crippen molar-refractivity contribution < 1.29 is 42.2 Å². The Morgan fingerprint density at radius 3 is 2.16 bits per heavy atom. The summed E-state index contributed by atoms with van der Waals surface area (Å²) in [6.45, 7) is 10.4. The second-order valence-electron chi connectivity index (χ2n) is 15.7. The second kappa shape index (κ2) is 16.7. The van der Waals surface area contributed by atoms with Crippen molar-refractivity contribution in [1.82, 2.24) is 10.3 Å². The highest BCUT2D eigenvalue weighted by Gasteiger charge is 2.38. The number of imide groups is 1. The molecule has 15 heteroatoms. The summed E-state index contributed by atoms with van der Waals surface area (Å²) in [5.74, 6) is -1.43. The lowest BCUT2D eigenvalue weighted by Crippen LogP contribution is -2.44. The van der Waals surface area contributed by atoms with Crippen molar-refractivity contribution in [1.29, 1.82) is 0 Å². The number of ether oxygens (including phenoxy) is 2. The number of aryl methyl sites for hydroxylation is 1. The molecular weight excluding hydrogens is 739 g/mol. The molecule has 1 saturated carbocycles. The van der Waals surface area contributed by atoms with Crippen LogP contribution in [0, 0.1) is 0 Å². The van der Waals surface area contributed by atoms with Crippen LogP contribution in [-0.2, 0) is 41.9 Å². The Labute approximate surface area is 326 Å².